The lowest BCUT2D eigenvalue weighted by Crippen LogP contribution is -2.43. The second-order valence-corrected chi connectivity index (χ2v) is 4.28. The smallest absolute Gasteiger partial charge is 0.418 e. The highest BCUT2D eigenvalue weighted by atomic mass is 28.3. The van der Waals surface area contributed by atoms with Crippen LogP contribution in [0.5, 0.6) is 0 Å². The molecule has 0 bridgehead atoms. The summed E-state index contributed by atoms with van der Waals surface area (Å²) in [6, 6.07) is 0. The van der Waals surface area contributed by atoms with Crippen molar-refractivity contribution in [3.8, 4) is 0 Å². The van der Waals surface area contributed by atoms with Gasteiger partial charge in [-0.1, -0.05) is 0 Å². The summed E-state index contributed by atoms with van der Waals surface area (Å²) in [6.07, 6.45) is 0. The quantitative estimate of drug-likeness (QED) is 0.486. The van der Waals surface area contributed by atoms with Crippen LogP contribution in [-0.2, 0) is 14.2 Å². The van der Waals surface area contributed by atoms with Crippen molar-refractivity contribution >= 4 is 25.6 Å². The van der Waals surface area contributed by atoms with Crippen LogP contribution in [0, 0.1) is 0 Å². The minimum absolute atomic E-state index is 0.862. The molecule has 0 aliphatic carbocycles. The Morgan fingerprint density at radius 3 is 1.15 bits per heavy atom. The highest BCUT2D eigenvalue weighted by molar-refractivity contribution is 7.25. The first kappa shape index (κ1) is 11.6. The normalized spacial score (nSPS) is 9.23. The number of carbonyl (C=O) groups is 3. The van der Waals surface area contributed by atoms with Gasteiger partial charge in [0.2, 0.25) is 0 Å². The maximum Gasteiger partial charge on any atom is 0.418 e. The molecule has 0 aliphatic heterocycles. The van der Waals surface area contributed by atoms with Crippen molar-refractivity contribution in [3.05, 3.63) is 0 Å². The molecule has 0 saturated carbocycles. The van der Waals surface area contributed by atoms with E-state index in [-0.39, 0.29) is 0 Å². The third kappa shape index (κ3) is 2.86. The van der Waals surface area contributed by atoms with Crippen LogP contribution in [-0.4, -0.2) is 46.9 Å². The number of methoxy groups -OCH3 is 3. The third-order valence-corrected chi connectivity index (χ3v) is 3.43. The SMILES string of the molecule is COC(=O)[SiH](C(=O)OC)C(=O)OC. The summed E-state index contributed by atoms with van der Waals surface area (Å²) in [4.78, 5) is 32.9. The molecular formula is C6H10O6Si. The maximum absolute atomic E-state index is 11.0. The average molecular weight is 206 g/mol. The molecule has 0 rings (SSSR count). The minimum Gasteiger partial charge on any atom is -0.473 e. The number of ether oxygens (including phenoxy) is 3. The van der Waals surface area contributed by atoms with Crippen LogP contribution in [0.25, 0.3) is 0 Å². The molecule has 0 aromatic rings. The van der Waals surface area contributed by atoms with Gasteiger partial charge in [0, 0.05) is 0 Å². The van der Waals surface area contributed by atoms with Crippen LogP contribution in [0.3, 0.4) is 0 Å². The van der Waals surface area contributed by atoms with E-state index in [0.29, 0.717) is 0 Å². The Morgan fingerprint density at radius 1 is 0.769 bits per heavy atom. The van der Waals surface area contributed by atoms with Crippen molar-refractivity contribution in [2.45, 2.75) is 0 Å². The molecule has 0 aromatic carbocycles. The molecule has 0 atom stereocenters. The van der Waals surface area contributed by atoms with Crippen molar-refractivity contribution in [3.63, 3.8) is 0 Å². The molecule has 0 spiro atoms. The average Bonchev–Trinajstić information content (AvgIpc) is 2.16. The summed E-state index contributed by atoms with van der Waals surface area (Å²) < 4.78 is 12.8. The summed E-state index contributed by atoms with van der Waals surface area (Å²) >= 11 is 0. The first-order chi connectivity index (χ1) is 6.08. The minimum atomic E-state index is -3.10. The van der Waals surface area contributed by atoms with Gasteiger partial charge in [0.1, 0.15) is 0 Å². The number of rotatable bonds is 3. The summed E-state index contributed by atoms with van der Waals surface area (Å²) in [6.45, 7) is 0. The van der Waals surface area contributed by atoms with Crippen molar-refractivity contribution in [1.29, 1.82) is 0 Å². The van der Waals surface area contributed by atoms with Gasteiger partial charge in [0.05, 0.1) is 21.3 Å². The van der Waals surface area contributed by atoms with E-state index in [1.165, 1.54) is 0 Å². The summed E-state index contributed by atoms with van der Waals surface area (Å²) in [5.74, 6) is 0. The standard InChI is InChI=1S/C6H10O6Si/c1-10-4(7)13(5(8)11-2)6(9)12-3/h13H,1-3H3. The molecule has 0 aliphatic rings. The van der Waals surface area contributed by atoms with Gasteiger partial charge in [-0.05, 0) is 0 Å². The molecule has 13 heavy (non-hydrogen) atoms. The lowest BCUT2D eigenvalue weighted by atomic mass is 11.4. The maximum atomic E-state index is 11.0. The monoisotopic (exact) mass is 206 g/mol. The van der Waals surface area contributed by atoms with Crippen molar-refractivity contribution in [2.24, 2.45) is 0 Å². The molecule has 6 nitrogen and oxygen atoms in total. The molecule has 7 heteroatoms. The van der Waals surface area contributed by atoms with Crippen LogP contribution in [0.1, 0.15) is 0 Å². The second kappa shape index (κ2) is 5.30. The Hall–Kier alpha value is -1.37. The molecule has 0 amide bonds. The van der Waals surface area contributed by atoms with Crippen LogP contribution in [0.2, 0.25) is 0 Å². The summed E-state index contributed by atoms with van der Waals surface area (Å²) in [5.41, 5.74) is -2.59. The first-order valence-electron chi connectivity index (χ1n) is 3.32. The van der Waals surface area contributed by atoms with Gasteiger partial charge in [-0.15, -0.1) is 0 Å². The van der Waals surface area contributed by atoms with Crippen LogP contribution < -0.4 is 0 Å². The van der Waals surface area contributed by atoms with E-state index < -0.39 is 25.6 Å². The zero-order valence-corrected chi connectivity index (χ0v) is 8.68. The number of hydrogen-bond donors (Lipinski definition) is 0. The molecule has 0 fully saturated rings. The predicted octanol–water partition coefficient (Wildman–Crippen LogP) is 0.258. The Kier molecular flexibility index (Phi) is 4.74. The molecule has 0 N–H and O–H groups in total. The fourth-order valence-corrected chi connectivity index (χ4v) is 1.93. The Bertz CT molecular complexity index is 187. The van der Waals surface area contributed by atoms with Crippen LogP contribution >= 0.6 is 0 Å². The van der Waals surface area contributed by atoms with Gasteiger partial charge in [0.15, 0.2) is 0 Å². The molecule has 0 radical (unpaired) electrons. The van der Waals surface area contributed by atoms with Crippen molar-refractivity contribution in [1.82, 2.24) is 0 Å². The van der Waals surface area contributed by atoms with Gasteiger partial charge >= 0.3 is 8.80 Å². The largest absolute Gasteiger partial charge is 0.473 e. The zero-order chi connectivity index (χ0) is 10.4. The molecule has 0 heterocycles. The zero-order valence-electron chi connectivity index (χ0n) is 7.53. The van der Waals surface area contributed by atoms with E-state index in [9.17, 15) is 14.4 Å². The predicted molar refractivity (Wildman–Crippen MR) is 44.4 cm³/mol. The fourth-order valence-electron chi connectivity index (χ4n) is 0.642. The molecular weight excluding hydrogens is 196 g/mol. The van der Waals surface area contributed by atoms with E-state index in [2.05, 4.69) is 14.2 Å². The highest BCUT2D eigenvalue weighted by Crippen LogP contribution is 1.98. The van der Waals surface area contributed by atoms with E-state index in [1.807, 2.05) is 0 Å². The van der Waals surface area contributed by atoms with Gasteiger partial charge in [-0.25, -0.2) is 0 Å². The lowest BCUT2D eigenvalue weighted by Gasteiger charge is -2.07. The van der Waals surface area contributed by atoms with Gasteiger partial charge in [-0.3, -0.25) is 14.4 Å². The van der Waals surface area contributed by atoms with Gasteiger partial charge < -0.3 is 14.2 Å². The topological polar surface area (TPSA) is 78.9 Å². The highest BCUT2D eigenvalue weighted by Gasteiger charge is 2.41. The Morgan fingerprint density at radius 2 is 1.00 bits per heavy atom. The molecule has 0 aromatic heterocycles. The fraction of sp³-hybridized carbons (Fsp3) is 0.500. The van der Waals surface area contributed by atoms with Gasteiger partial charge in [0.25, 0.3) is 16.8 Å². The third-order valence-electron chi connectivity index (χ3n) is 1.31. The molecule has 0 unspecified atom stereocenters. The molecule has 74 valence electrons. The Labute approximate surface area is 76.4 Å². The number of hydrogen-bond acceptors (Lipinski definition) is 6. The Balaban J connectivity index is 4.64. The summed E-state index contributed by atoms with van der Waals surface area (Å²) in [5, 5.41) is 0. The van der Waals surface area contributed by atoms with E-state index in [1.54, 1.807) is 0 Å². The van der Waals surface area contributed by atoms with E-state index >= 15 is 0 Å². The van der Waals surface area contributed by atoms with Crippen molar-refractivity contribution in [2.75, 3.05) is 21.3 Å². The van der Waals surface area contributed by atoms with Crippen molar-refractivity contribution < 1.29 is 28.6 Å². The van der Waals surface area contributed by atoms with E-state index in [0.717, 1.165) is 21.3 Å². The van der Waals surface area contributed by atoms with E-state index in [4.69, 9.17) is 0 Å². The molecule has 0 saturated heterocycles. The second-order valence-electron chi connectivity index (χ2n) is 2.00. The summed E-state index contributed by atoms with van der Waals surface area (Å²) in [7, 11) is 0.175. The lowest BCUT2D eigenvalue weighted by molar-refractivity contribution is 0.180. The number of carbonyl (C=O) groups excluding carboxylic acids is 3. The first-order valence-corrected chi connectivity index (χ1v) is 5.05. The van der Waals surface area contributed by atoms with Gasteiger partial charge in [-0.2, -0.15) is 0 Å². The van der Waals surface area contributed by atoms with Crippen LogP contribution in [0.15, 0.2) is 0 Å². The van der Waals surface area contributed by atoms with Crippen LogP contribution in [0.4, 0.5) is 14.4 Å².